The first kappa shape index (κ1) is 13.9. The topological polar surface area (TPSA) is 46.2 Å². The quantitative estimate of drug-likeness (QED) is 0.747. The van der Waals surface area contributed by atoms with Crippen LogP contribution in [0.25, 0.3) is 10.8 Å². The van der Waals surface area contributed by atoms with Crippen LogP contribution in [0.2, 0.25) is 0 Å². The first-order chi connectivity index (χ1) is 8.77. The van der Waals surface area contributed by atoms with Crippen molar-refractivity contribution in [3.63, 3.8) is 0 Å². The zero-order chi connectivity index (χ0) is 12.5. The van der Waals surface area contributed by atoms with Crippen LogP contribution in [0.5, 0.6) is 5.75 Å². The summed E-state index contributed by atoms with van der Waals surface area (Å²) in [6.07, 6.45) is 0. The molecule has 0 bridgehead atoms. The van der Waals surface area contributed by atoms with E-state index in [1.807, 2.05) is 47.8 Å². The van der Waals surface area contributed by atoms with Crippen LogP contribution < -0.4 is 5.73 Å². The Balaban J connectivity index is 0.00000133. The van der Waals surface area contributed by atoms with Gasteiger partial charge in [-0.25, -0.2) is 0 Å². The number of aromatic hydroxyl groups is 1. The largest absolute Gasteiger partial charge is 0.507 e. The van der Waals surface area contributed by atoms with Gasteiger partial charge in [0.25, 0.3) is 0 Å². The molecule has 98 valence electrons. The van der Waals surface area contributed by atoms with E-state index in [-0.39, 0.29) is 18.4 Å². The minimum Gasteiger partial charge on any atom is -0.507 e. The minimum atomic E-state index is -0.143. The van der Waals surface area contributed by atoms with E-state index >= 15 is 0 Å². The lowest BCUT2D eigenvalue weighted by molar-refractivity contribution is 0.481. The Morgan fingerprint density at radius 2 is 1.68 bits per heavy atom. The van der Waals surface area contributed by atoms with E-state index in [1.54, 1.807) is 17.4 Å². The lowest BCUT2D eigenvalue weighted by Gasteiger charge is -2.14. The van der Waals surface area contributed by atoms with E-state index in [4.69, 9.17) is 5.73 Å². The van der Waals surface area contributed by atoms with Crippen LogP contribution in [0.1, 0.15) is 16.5 Å². The molecule has 0 spiro atoms. The molecule has 3 rings (SSSR count). The van der Waals surface area contributed by atoms with Gasteiger partial charge in [0, 0.05) is 10.3 Å². The molecule has 0 unspecified atom stereocenters. The molecule has 1 atom stereocenters. The zero-order valence-corrected chi connectivity index (χ0v) is 11.7. The van der Waals surface area contributed by atoms with Crippen LogP contribution in [0, 0.1) is 0 Å². The summed E-state index contributed by atoms with van der Waals surface area (Å²) >= 11 is 1.65. The summed E-state index contributed by atoms with van der Waals surface area (Å²) in [5, 5.41) is 13.8. The predicted octanol–water partition coefficient (Wildman–Crippen LogP) is 4.08. The molecular weight excluding hydrogens is 278 g/mol. The number of hydrogen-bond donors (Lipinski definition) is 2. The zero-order valence-electron chi connectivity index (χ0n) is 10.1. The SMILES string of the molecule is Cl.N[C@H](c1cccs1)c1ccc(O)c2ccccc12. The highest BCUT2D eigenvalue weighted by molar-refractivity contribution is 7.10. The fourth-order valence-corrected chi connectivity index (χ4v) is 2.94. The van der Waals surface area contributed by atoms with E-state index < -0.39 is 0 Å². The molecular formula is C15H14ClNOS. The van der Waals surface area contributed by atoms with E-state index in [0.717, 1.165) is 21.2 Å². The summed E-state index contributed by atoms with van der Waals surface area (Å²) in [5.74, 6) is 0.299. The average molecular weight is 292 g/mol. The van der Waals surface area contributed by atoms with Crippen molar-refractivity contribution in [2.75, 3.05) is 0 Å². The third-order valence-electron chi connectivity index (χ3n) is 3.12. The van der Waals surface area contributed by atoms with E-state index in [0.29, 0.717) is 5.75 Å². The highest BCUT2D eigenvalue weighted by Crippen LogP contribution is 2.33. The molecule has 19 heavy (non-hydrogen) atoms. The number of thiophene rings is 1. The highest BCUT2D eigenvalue weighted by Gasteiger charge is 2.14. The molecule has 3 aromatic rings. The van der Waals surface area contributed by atoms with Crippen molar-refractivity contribution in [2.45, 2.75) is 6.04 Å². The molecule has 2 nitrogen and oxygen atoms in total. The maximum absolute atomic E-state index is 9.87. The summed E-state index contributed by atoms with van der Waals surface area (Å²) in [5.41, 5.74) is 7.35. The van der Waals surface area contributed by atoms with Crippen LogP contribution in [0.15, 0.2) is 53.9 Å². The number of benzene rings is 2. The second-order valence-electron chi connectivity index (χ2n) is 4.21. The monoisotopic (exact) mass is 291 g/mol. The van der Waals surface area contributed by atoms with Crippen molar-refractivity contribution in [1.82, 2.24) is 0 Å². The van der Waals surface area contributed by atoms with Gasteiger partial charge in [-0.3, -0.25) is 0 Å². The van der Waals surface area contributed by atoms with Crippen molar-refractivity contribution >= 4 is 34.5 Å². The normalized spacial score (nSPS) is 12.1. The predicted molar refractivity (Wildman–Crippen MR) is 83.2 cm³/mol. The van der Waals surface area contributed by atoms with E-state index in [1.165, 1.54) is 0 Å². The van der Waals surface area contributed by atoms with Gasteiger partial charge in [-0.15, -0.1) is 23.7 Å². The van der Waals surface area contributed by atoms with Gasteiger partial charge in [0.15, 0.2) is 0 Å². The fraction of sp³-hybridized carbons (Fsp3) is 0.0667. The molecule has 0 aliphatic carbocycles. The summed E-state index contributed by atoms with van der Waals surface area (Å²) in [4.78, 5) is 1.13. The van der Waals surface area contributed by atoms with Gasteiger partial charge in [-0.05, 0) is 28.5 Å². The van der Waals surface area contributed by atoms with Crippen molar-refractivity contribution in [3.05, 3.63) is 64.4 Å². The third kappa shape index (κ3) is 2.45. The lowest BCUT2D eigenvalue weighted by Crippen LogP contribution is -2.10. The Kier molecular flexibility index (Phi) is 4.10. The van der Waals surface area contributed by atoms with Crippen LogP contribution in [-0.2, 0) is 0 Å². The molecule has 1 heterocycles. The van der Waals surface area contributed by atoms with Gasteiger partial charge in [0.2, 0.25) is 0 Å². The molecule has 0 saturated heterocycles. The number of phenolic OH excluding ortho intramolecular Hbond substituents is 1. The second kappa shape index (κ2) is 5.61. The summed E-state index contributed by atoms with van der Waals surface area (Å²) in [6.45, 7) is 0. The van der Waals surface area contributed by atoms with Gasteiger partial charge in [-0.1, -0.05) is 36.4 Å². The Morgan fingerprint density at radius 1 is 0.947 bits per heavy atom. The van der Waals surface area contributed by atoms with Crippen molar-refractivity contribution in [1.29, 1.82) is 0 Å². The molecule has 0 radical (unpaired) electrons. The van der Waals surface area contributed by atoms with Gasteiger partial charge < -0.3 is 10.8 Å². The average Bonchev–Trinajstić information content (AvgIpc) is 2.93. The first-order valence-corrected chi connectivity index (χ1v) is 6.65. The Bertz CT molecular complexity index is 682. The molecule has 0 fully saturated rings. The van der Waals surface area contributed by atoms with Crippen LogP contribution in [0.4, 0.5) is 0 Å². The third-order valence-corrected chi connectivity index (χ3v) is 4.07. The van der Waals surface area contributed by atoms with Crippen LogP contribution in [0.3, 0.4) is 0 Å². The molecule has 0 saturated carbocycles. The summed E-state index contributed by atoms with van der Waals surface area (Å²) in [7, 11) is 0. The number of fused-ring (bicyclic) bond motifs is 1. The maximum atomic E-state index is 9.87. The molecule has 4 heteroatoms. The molecule has 1 aromatic heterocycles. The molecule has 0 amide bonds. The summed E-state index contributed by atoms with van der Waals surface area (Å²) < 4.78 is 0. The number of hydrogen-bond acceptors (Lipinski definition) is 3. The smallest absolute Gasteiger partial charge is 0.123 e. The van der Waals surface area contributed by atoms with Crippen LogP contribution >= 0.6 is 23.7 Å². The van der Waals surface area contributed by atoms with Crippen molar-refractivity contribution in [3.8, 4) is 5.75 Å². The lowest BCUT2D eigenvalue weighted by atomic mass is 9.98. The van der Waals surface area contributed by atoms with Crippen molar-refractivity contribution < 1.29 is 5.11 Å². The molecule has 0 aliphatic heterocycles. The fourth-order valence-electron chi connectivity index (χ4n) is 2.20. The summed E-state index contributed by atoms with van der Waals surface area (Å²) in [6, 6.07) is 15.3. The molecule has 2 aromatic carbocycles. The second-order valence-corrected chi connectivity index (χ2v) is 5.19. The minimum absolute atomic E-state index is 0. The van der Waals surface area contributed by atoms with Gasteiger partial charge in [0.05, 0.1) is 6.04 Å². The van der Waals surface area contributed by atoms with Gasteiger partial charge >= 0.3 is 0 Å². The maximum Gasteiger partial charge on any atom is 0.123 e. The number of rotatable bonds is 2. The number of halogens is 1. The standard InChI is InChI=1S/C15H13NOS.ClH/c16-15(14-6-3-9-18-14)12-7-8-13(17)11-5-2-1-4-10(11)12;/h1-9,15,17H,16H2;1H/t15-;/m0./s1. The van der Waals surface area contributed by atoms with E-state index in [2.05, 4.69) is 0 Å². The van der Waals surface area contributed by atoms with E-state index in [9.17, 15) is 5.11 Å². The first-order valence-electron chi connectivity index (χ1n) is 5.77. The van der Waals surface area contributed by atoms with Crippen LogP contribution in [-0.4, -0.2) is 5.11 Å². The van der Waals surface area contributed by atoms with Gasteiger partial charge in [-0.2, -0.15) is 0 Å². The number of nitrogens with two attached hydrogens (primary N) is 1. The van der Waals surface area contributed by atoms with Crippen molar-refractivity contribution in [2.24, 2.45) is 5.73 Å². The number of phenols is 1. The Labute approximate surface area is 121 Å². The highest BCUT2D eigenvalue weighted by atomic mass is 35.5. The van der Waals surface area contributed by atoms with Gasteiger partial charge in [0.1, 0.15) is 5.75 Å². The molecule has 0 aliphatic rings. The Hall–Kier alpha value is -1.55. The Morgan fingerprint density at radius 3 is 2.37 bits per heavy atom. The molecule has 3 N–H and O–H groups in total.